The van der Waals surface area contributed by atoms with E-state index in [1.165, 1.54) is 12.1 Å². The van der Waals surface area contributed by atoms with E-state index in [0.29, 0.717) is 12.3 Å². The monoisotopic (exact) mass is 312 g/mol. The number of nitrogens with one attached hydrogen (secondary N) is 2. The maximum absolute atomic E-state index is 13.7. The fourth-order valence-electron chi connectivity index (χ4n) is 1.90. The molecule has 2 unspecified atom stereocenters. The summed E-state index contributed by atoms with van der Waals surface area (Å²) in [4.78, 5) is 11.8. The molecule has 0 aliphatic carbocycles. The number of carbonyl (C=O) groups excluding carboxylic acids is 1. The Hall–Kier alpha value is -1.82. The molecule has 0 saturated carbocycles. The Morgan fingerprint density at radius 1 is 1.45 bits per heavy atom. The fourth-order valence-corrected chi connectivity index (χ4v) is 1.90. The van der Waals surface area contributed by atoms with Gasteiger partial charge in [-0.15, -0.1) is 0 Å². The topological polar surface area (TPSA) is 70.6 Å². The van der Waals surface area contributed by atoms with Crippen LogP contribution in [0.2, 0.25) is 0 Å². The minimum atomic E-state index is -0.990. The molecule has 22 heavy (non-hydrogen) atoms. The summed E-state index contributed by atoms with van der Waals surface area (Å²) in [6.07, 6.45) is 0.806. The normalized spacial score (nSPS) is 14.8. The summed E-state index contributed by atoms with van der Waals surface area (Å²) >= 11 is 0. The first kappa shape index (κ1) is 18.2. The molecule has 2 atom stereocenters. The number of hydrogen-bond acceptors (Lipinski definition) is 3. The zero-order valence-electron chi connectivity index (χ0n) is 13.6. The van der Waals surface area contributed by atoms with Crippen LogP contribution in [0.3, 0.4) is 0 Å². The second kappa shape index (κ2) is 7.98. The van der Waals surface area contributed by atoms with Crippen molar-refractivity contribution < 1.29 is 19.0 Å². The molecule has 0 heterocycles. The van der Waals surface area contributed by atoms with Crippen LogP contribution in [0.4, 0.5) is 14.9 Å². The van der Waals surface area contributed by atoms with E-state index in [1.807, 2.05) is 13.8 Å². The van der Waals surface area contributed by atoms with Crippen molar-refractivity contribution in [1.82, 2.24) is 5.32 Å². The van der Waals surface area contributed by atoms with Gasteiger partial charge in [0.05, 0.1) is 12.2 Å². The molecule has 1 aromatic rings. The third-order valence-corrected chi connectivity index (χ3v) is 3.77. The van der Waals surface area contributed by atoms with Gasteiger partial charge in [0, 0.05) is 18.3 Å². The van der Waals surface area contributed by atoms with Gasteiger partial charge in [-0.1, -0.05) is 20.3 Å². The van der Waals surface area contributed by atoms with Crippen LogP contribution in [0.5, 0.6) is 5.75 Å². The van der Waals surface area contributed by atoms with E-state index in [0.717, 1.165) is 6.42 Å². The van der Waals surface area contributed by atoms with E-state index in [9.17, 15) is 14.3 Å². The highest BCUT2D eigenvalue weighted by atomic mass is 19.1. The molecule has 0 aliphatic rings. The lowest BCUT2D eigenvalue weighted by molar-refractivity contribution is 0.00827. The highest BCUT2D eigenvalue weighted by molar-refractivity contribution is 5.89. The average molecular weight is 312 g/mol. The number of aliphatic hydroxyl groups is 1. The summed E-state index contributed by atoms with van der Waals surface area (Å²) in [6.45, 7) is 7.83. The SMILES string of the molecule is CCOc1ccc(NC(=O)NCC(C)(O)C(C)CC)cc1F. The van der Waals surface area contributed by atoms with E-state index >= 15 is 0 Å². The Bertz CT molecular complexity index is 506. The molecule has 0 aliphatic heterocycles. The zero-order valence-corrected chi connectivity index (χ0v) is 13.6. The first-order chi connectivity index (χ1) is 10.3. The quantitative estimate of drug-likeness (QED) is 0.724. The number of carbonyl (C=O) groups is 1. The van der Waals surface area contributed by atoms with Crippen LogP contribution in [0.25, 0.3) is 0 Å². The summed E-state index contributed by atoms with van der Waals surface area (Å²) in [6, 6.07) is 3.72. The van der Waals surface area contributed by atoms with Crippen molar-refractivity contribution in [2.75, 3.05) is 18.5 Å². The molecule has 124 valence electrons. The van der Waals surface area contributed by atoms with Crippen molar-refractivity contribution in [3.8, 4) is 5.75 Å². The highest BCUT2D eigenvalue weighted by Gasteiger charge is 2.27. The second-order valence-corrected chi connectivity index (χ2v) is 5.55. The first-order valence-electron chi connectivity index (χ1n) is 7.49. The van der Waals surface area contributed by atoms with Crippen molar-refractivity contribution in [3.63, 3.8) is 0 Å². The molecule has 0 spiro atoms. The molecule has 1 rings (SSSR count). The van der Waals surface area contributed by atoms with Gasteiger partial charge >= 0.3 is 6.03 Å². The van der Waals surface area contributed by atoms with Gasteiger partial charge in [0.15, 0.2) is 11.6 Å². The summed E-state index contributed by atoms with van der Waals surface area (Å²) in [5.74, 6) is -0.338. The molecule has 0 bridgehead atoms. The third kappa shape index (κ3) is 5.18. The molecular weight excluding hydrogens is 287 g/mol. The predicted molar refractivity (Wildman–Crippen MR) is 84.7 cm³/mol. The van der Waals surface area contributed by atoms with Gasteiger partial charge in [-0.3, -0.25) is 0 Å². The number of halogens is 1. The van der Waals surface area contributed by atoms with Crippen molar-refractivity contribution in [3.05, 3.63) is 24.0 Å². The van der Waals surface area contributed by atoms with Crippen LogP contribution in [0.15, 0.2) is 18.2 Å². The number of anilines is 1. The zero-order chi connectivity index (χ0) is 16.8. The van der Waals surface area contributed by atoms with Crippen LogP contribution in [0.1, 0.15) is 34.1 Å². The predicted octanol–water partition coefficient (Wildman–Crippen LogP) is 3.14. The third-order valence-electron chi connectivity index (χ3n) is 3.77. The highest BCUT2D eigenvalue weighted by Crippen LogP contribution is 2.21. The van der Waals surface area contributed by atoms with Gasteiger partial charge in [-0.05, 0) is 31.9 Å². The average Bonchev–Trinajstić information content (AvgIpc) is 2.47. The van der Waals surface area contributed by atoms with E-state index in [4.69, 9.17) is 4.74 Å². The van der Waals surface area contributed by atoms with Gasteiger partial charge in [0.2, 0.25) is 0 Å². The van der Waals surface area contributed by atoms with Crippen molar-refractivity contribution in [2.24, 2.45) is 5.92 Å². The summed E-state index contributed by atoms with van der Waals surface area (Å²) in [5.41, 5.74) is -0.669. The lowest BCUT2D eigenvalue weighted by Gasteiger charge is -2.29. The van der Waals surface area contributed by atoms with Gasteiger partial charge < -0.3 is 20.5 Å². The maximum atomic E-state index is 13.7. The second-order valence-electron chi connectivity index (χ2n) is 5.55. The smallest absolute Gasteiger partial charge is 0.319 e. The van der Waals surface area contributed by atoms with Gasteiger partial charge in [0.25, 0.3) is 0 Å². The first-order valence-corrected chi connectivity index (χ1v) is 7.49. The molecule has 0 fully saturated rings. The minimum absolute atomic E-state index is 0.0516. The van der Waals surface area contributed by atoms with Crippen LogP contribution in [0, 0.1) is 11.7 Å². The summed E-state index contributed by atoms with van der Waals surface area (Å²) in [5, 5.41) is 15.3. The summed E-state index contributed by atoms with van der Waals surface area (Å²) < 4.78 is 18.8. The molecular formula is C16H25FN2O3. The number of rotatable bonds is 7. The van der Waals surface area contributed by atoms with Crippen LogP contribution >= 0.6 is 0 Å². The lowest BCUT2D eigenvalue weighted by Crippen LogP contribution is -2.46. The maximum Gasteiger partial charge on any atom is 0.319 e. The number of amides is 2. The molecule has 3 N–H and O–H groups in total. The largest absolute Gasteiger partial charge is 0.491 e. The Labute approximate surface area is 130 Å². The molecule has 6 heteroatoms. The Morgan fingerprint density at radius 3 is 2.68 bits per heavy atom. The molecule has 0 radical (unpaired) electrons. The van der Waals surface area contributed by atoms with Gasteiger partial charge in [-0.2, -0.15) is 0 Å². The molecule has 5 nitrogen and oxygen atoms in total. The van der Waals surface area contributed by atoms with Crippen molar-refractivity contribution >= 4 is 11.7 Å². The minimum Gasteiger partial charge on any atom is -0.491 e. The molecule has 2 amide bonds. The molecule has 0 aromatic heterocycles. The Balaban J connectivity index is 2.57. The number of hydrogen-bond donors (Lipinski definition) is 3. The van der Waals surface area contributed by atoms with E-state index < -0.39 is 17.4 Å². The van der Waals surface area contributed by atoms with E-state index in [-0.39, 0.29) is 18.2 Å². The van der Waals surface area contributed by atoms with Gasteiger partial charge in [0.1, 0.15) is 0 Å². The molecule has 1 aromatic carbocycles. The standard InChI is InChI=1S/C16H25FN2O3/c1-5-11(3)16(4,21)10-18-15(20)19-12-7-8-14(22-6-2)13(17)9-12/h7-9,11,21H,5-6,10H2,1-4H3,(H2,18,19,20). The van der Waals surface area contributed by atoms with E-state index in [2.05, 4.69) is 10.6 Å². The van der Waals surface area contributed by atoms with Crippen molar-refractivity contribution in [2.45, 2.75) is 39.7 Å². The van der Waals surface area contributed by atoms with Crippen molar-refractivity contribution in [1.29, 1.82) is 0 Å². The summed E-state index contributed by atoms with van der Waals surface area (Å²) in [7, 11) is 0. The lowest BCUT2D eigenvalue weighted by atomic mass is 9.89. The molecule has 0 saturated heterocycles. The number of ether oxygens (including phenoxy) is 1. The van der Waals surface area contributed by atoms with Crippen LogP contribution < -0.4 is 15.4 Å². The Kier molecular flexibility index (Phi) is 6.61. The number of benzene rings is 1. The van der Waals surface area contributed by atoms with E-state index in [1.54, 1.807) is 19.9 Å². The van der Waals surface area contributed by atoms with Crippen LogP contribution in [-0.2, 0) is 0 Å². The van der Waals surface area contributed by atoms with Gasteiger partial charge in [-0.25, -0.2) is 9.18 Å². The van der Waals surface area contributed by atoms with Crippen LogP contribution in [-0.4, -0.2) is 29.9 Å². The number of urea groups is 1. The Morgan fingerprint density at radius 2 is 2.14 bits per heavy atom. The fraction of sp³-hybridized carbons (Fsp3) is 0.562.